The Labute approximate surface area is 174 Å². The van der Waals surface area contributed by atoms with E-state index in [4.69, 9.17) is 5.73 Å². The number of fused-ring (bicyclic) bond motifs is 1. The van der Waals surface area contributed by atoms with E-state index in [9.17, 15) is 4.79 Å². The molecule has 2 nitrogen and oxygen atoms in total. The van der Waals surface area contributed by atoms with Gasteiger partial charge >= 0.3 is 26.2 Å². The summed E-state index contributed by atoms with van der Waals surface area (Å²) in [5, 5.41) is 2.66. The van der Waals surface area contributed by atoms with Crippen molar-refractivity contribution in [1.82, 2.24) is 0 Å². The molecule has 1 amide bonds. The predicted molar refractivity (Wildman–Crippen MR) is 88.3 cm³/mol. The zero-order valence-electron chi connectivity index (χ0n) is 13.6. The maximum Gasteiger partial charge on any atom is 4.00 e. The molecule has 0 bridgehead atoms. The molecule has 0 aliphatic heterocycles. The molecule has 23 heavy (non-hydrogen) atoms. The number of carbonyl (C=O) groups excluding carboxylic acids is 1. The van der Waals surface area contributed by atoms with Gasteiger partial charge in [-0.3, -0.25) is 0 Å². The third kappa shape index (κ3) is 11.2. The van der Waals surface area contributed by atoms with Gasteiger partial charge in [0, 0.05) is 15.4 Å². The summed E-state index contributed by atoms with van der Waals surface area (Å²) >= 11 is 0. The van der Waals surface area contributed by atoms with Gasteiger partial charge in [0.2, 0.25) is 0 Å². The normalized spacial score (nSPS) is 12.3. The van der Waals surface area contributed by atoms with Crippen LogP contribution in [-0.2, 0) is 31.0 Å². The summed E-state index contributed by atoms with van der Waals surface area (Å²) in [5.74, 6) is -0.266. The van der Waals surface area contributed by atoms with Crippen LogP contribution in [0.4, 0.5) is 0 Å². The van der Waals surface area contributed by atoms with Crippen LogP contribution in [0, 0.1) is 5.92 Å². The number of hydrogen-bond acceptors (Lipinski definition) is 1. The Morgan fingerprint density at radius 2 is 1.65 bits per heavy atom. The zero-order valence-corrected chi connectivity index (χ0v) is 18.6. The smallest absolute Gasteiger partial charge is 1.00 e. The van der Waals surface area contributed by atoms with Crippen molar-refractivity contribution in [3.63, 3.8) is 0 Å². The Morgan fingerprint density at radius 1 is 1.13 bits per heavy atom. The first-order chi connectivity index (χ1) is 9.69. The molecule has 1 saturated carbocycles. The van der Waals surface area contributed by atoms with Gasteiger partial charge in [0.05, 0.1) is 5.91 Å². The minimum Gasteiger partial charge on any atom is -1.00 e. The Balaban J connectivity index is -0.000000270. The van der Waals surface area contributed by atoms with Gasteiger partial charge in [-0.05, 0) is 12.8 Å². The van der Waals surface area contributed by atoms with Crippen LogP contribution >= 0.6 is 0 Å². The summed E-state index contributed by atoms with van der Waals surface area (Å²) < 4.78 is 0. The largest absolute Gasteiger partial charge is 4.00 e. The average Bonchev–Trinajstić information content (AvgIpc) is 3.12. The van der Waals surface area contributed by atoms with E-state index in [-0.39, 0.29) is 62.8 Å². The van der Waals surface area contributed by atoms with Crippen LogP contribution in [0.25, 0.3) is 16.5 Å². The SMILES string of the molecule is C[Si]C.[Cl-].[Cl-].[NH-]C(=O)C1CCCC1.[Zr+4].c1ccc2[cH-]ccc2c1. The van der Waals surface area contributed by atoms with E-state index in [1.807, 2.05) is 0 Å². The Kier molecular flexibility index (Phi) is 20.3. The van der Waals surface area contributed by atoms with E-state index in [2.05, 4.69) is 55.6 Å². The third-order valence-electron chi connectivity index (χ3n) is 3.27. The van der Waals surface area contributed by atoms with Gasteiger partial charge in [-0.15, -0.1) is 29.7 Å². The molecule has 6 heteroatoms. The summed E-state index contributed by atoms with van der Waals surface area (Å²) in [6.07, 6.45) is 4.22. The number of amides is 1. The second-order valence-corrected chi connectivity index (χ2v) is 6.00. The van der Waals surface area contributed by atoms with Crippen molar-refractivity contribution in [3.8, 4) is 0 Å². The summed E-state index contributed by atoms with van der Waals surface area (Å²) in [7, 11) is 1.08. The van der Waals surface area contributed by atoms with Crippen molar-refractivity contribution in [2.75, 3.05) is 0 Å². The standard InChI is InChI=1S/C9H7.C6H11NO.C2H6Si.2ClH.Zr/c1-2-5-9-7-3-6-8(9)4-1;7-6(8)5-3-1-2-4-5;1-3-2;;;/h1-7H;5H,1-4H2,(H2,7,8);1-2H3;2*1H;/q-1;;;;;+4/p-3. The van der Waals surface area contributed by atoms with Gasteiger partial charge in [0.1, 0.15) is 0 Å². The van der Waals surface area contributed by atoms with Crippen molar-refractivity contribution in [2.45, 2.75) is 38.8 Å². The molecule has 0 atom stereocenters. The molecule has 1 fully saturated rings. The van der Waals surface area contributed by atoms with E-state index in [1.165, 1.54) is 10.8 Å². The van der Waals surface area contributed by atoms with Crippen molar-refractivity contribution >= 4 is 26.2 Å². The van der Waals surface area contributed by atoms with Crippen molar-refractivity contribution in [2.24, 2.45) is 5.92 Å². The summed E-state index contributed by atoms with van der Waals surface area (Å²) in [4.78, 5) is 10.3. The number of halogens is 2. The van der Waals surface area contributed by atoms with Crippen molar-refractivity contribution in [3.05, 3.63) is 48.2 Å². The predicted octanol–water partition coefficient (Wildman–Crippen LogP) is -0.894. The number of benzene rings is 1. The fraction of sp³-hybridized carbons (Fsp3) is 0.412. The minimum atomic E-state index is -0.359. The van der Waals surface area contributed by atoms with Crippen molar-refractivity contribution < 1.29 is 55.8 Å². The maximum atomic E-state index is 10.3. The zero-order chi connectivity index (χ0) is 14.8. The van der Waals surface area contributed by atoms with Gasteiger partial charge in [0.25, 0.3) is 0 Å². The fourth-order valence-electron chi connectivity index (χ4n) is 2.26. The van der Waals surface area contributed by atoms with Crippen molar-refractivity contribution in [1.29, 1.82) is 0 Å². The first-order valence-electron chi connectivity index (χ1n) is 7.13. The van der Waals surface area contributed by atoms with Crippen LogP contribution in [0.5, 0.6) is 0 Å². The van der Waals surface area contributed by atoms with E-state index in [0.717, 1.165) is 35.2 Å². The number of hydrogen-bond donors (Lipinski definition) is 0. The molecule has 0 spiro atoms. The van der Waals surface area contributed by atoms with E-state index >= 15 is 0 Å². The molecular weight excluding hydrogens is 424 g/mol. The molecule has 0 aromatic heterocycles. The van der Waals surface area contributed by atoms with E-state index in [1.54, 1.807) is 0 Å². The molecule has 124 valence electrons. The van der Waals surface area contributed by atoms with Gasteiger partial charge in [-0.2, -0.15) is 17.5 Å². The molecule has 1 aliphatic rings. The van der Waals surface area contributed by atoms with Crippen LogP contribution in [-0.4, -0.2) is 15.4 Å². The summed E-state index contributed by atoms with van der Waals surface area (Å²) in [6, 6.07) is 14.7. The van der Waals surface area contributed by atoms with E-state index in [0.29, 0.717) is 0 Å². The Bertz CT molecular complexity index is 486. The van der Waals surface area contributed by atoms with Gasteiger partial charge < -0.3 is 35.3 Å². The maximum absolute atomic E-state index is 10.3. The van der Waals surface area contributed by atoms with Crippen LogP contribution in [0.2, 0.25) is 13.1 Å². The molecule has 0 heterocycles. The summed E-state index contributed by atoms with van der Waals surface area (Å²) in [5.41, 5.74) is 6.74. The van der Waals surface area contributed by atoms with Crippen LogP contribution < -0.4 is 24.8 Å². The van der Waals surface area contributed by atoms with Crippen LogP contribution in [0.3, 0.4) is 0 Å². The van der Waals surface area contributed by atoms with E-state index < -0.39 is 0 Å². The second kappa shape index (κ2) is 16.8. The molecule has 1 N–H and O–H groups in total. The fourth-order valence-corrected chi connectivity index (χ4v) is 2.26. The molecule has 0 saturated heterocycles. The molecule has 1 aliphatic carbocycles. The number of rotatable bonds is 1. The molecule has 2 aromatic rings. The topological polar surface area (TPSA) is 40.9 Å². The number of carbonyl (C=O) groups is 1. The summed E-state index contributed by atoms with van der Waals surface area (Å²) in [6.45, 7) is 4.31. The van der Waals surface area contributed by atoms with Crippen LogP contribution in [0.15, 0.2) is 42.5 Å². The average molecular weight is 448 g/mol. The minimum absolute atomic E-state index is 0. The third-order valence-corrected chi connectivity index (χ3v) is 3.27. The molecule has 2 aromatic carbocycles. The van der Waals surface area contributed by atoms with Gasteiger partial charge in [0.15, 0.2) is 0 Å². The molecule has 2 radical (unpaired) electrons. The first-order valence-corrected chi connectivity index (χ1v) is 9.13. The quantitative estimate of drug-likeness (QED) is 0.413. The number of nitrogens with one attached hydrogen (secondary N) is 1. The Hall–Kier alpha value is -0.0200. The second-order valence-electron chi connectivity index (χ2n) is 5.00. The van der Waals surface area contributed by atoms with Gasteiger partial charge in [-0.25, -0.2) is 0 Å². The molecule has 0 unspecified atom stereocenters. The Morgan fingerprint density at radius 3 is 2.09 bits per heavy atom. The molecule has 3 rings (SSSR count). The van der Waals surface area contributed by atoms with Gasteiger partial charge in [-0.1, -0.05) is 32.0 Å². The molecular formula is C17H23Cl2NOSiZr. The first kappa shape index (κ1) is 27.8. The monoisotopic (exact) mass is 445 g/mol. The van der Waals surface area contributed by atoms with Crippen LogP contribution in [0.1, 0.15) is 25.7 Å².